The molecular weight excluding hydrogens is 1200 g/mol. The van der Waals surface area contributed by atoms with Crippen LogP contribution in [0.4, 0.5) is 0 Å². The molecule has 0 saturated heterocycles. The van der Waals surface area contributed by atoms with Crippen molar-refractivity contribution in [1.82, 2.24) is 0 Å². The minimum absolute atomic E-state index is 0.104. The van der Waals surface area contributed by atoms with Gasteiger partial charge in [0.05, 0.1) is 26.4 Å². The van der Waals surface area contributed by atoms with E-state index < -0.39 is 97.5 Å². The van der Waals surface area contributed by atoms with Gasteiger partial charge in [-0.15, -0.1) is 0 Å². The van der Waals surface area contributed by atoms with Gasteiger partial charge in [0.2, 0.25) is 0 Å². The molecule has 0 aliphatic rings. The van der Waals surface area contributed by atoms with Gasteiger partial charge in [-0.25, -0.2) is 9.13 Å². The third-order valence-electron chi connectivity index (χ3n) is 17.3. The number of carbonyl (C=O) groups excluding carboxylic acids is 4. The molecule has 0 aromatic heterocycles. The van der Waals surface area contributed by atoms with E-state index in [2.05, 4.69) is 55.4 Å². The fourth-order valence-corrected chi connectivity index (χ4v) is 12.4. The van der Waals surface area contributed by atoms with Gasteiger partial charge in [0.15, 0.2) is 12.2 Å². The number of aliphatic hydroxyl groups is 1. The number of carbonyl (C=O) groups is 4. The van der Waals surface area contributed by atoms with Crippen molar-refractivity contribution in [3.8, 4) is 0 Å². The quantitative estimate of drug-likeness (QED) is 0.0222. The van der Waals surface area contributed by atoms with Crippen LogP contribution in [0.2, 0.25) is 0 Å². The van der Waals surface area contributed by atoms with Crippen molar-refractivity contribution in [3.63, 3.8) is 0 Å². The van der Waals surface area contributed by atoms with Crippen molar-refractivity contribution in [3.05, 3.63) is 0 Å². The SMILES string of the molecule is CCC(C)CCCCCCCCCCCCC(=O)O[C@H](COC(=O)CCCCCCCCCC(C)C)COP(=O)(O)OCC(O)COP(=O)(O)OC[C@@H](COC(=O)CCCCCCCCCCCCCCC(C)C)OC(=O)CCCCCCCCCCC(C)CC. The first kappa shape index (κ1) is 89.1. The fraction of sp³-hybridized carbons (Fsp3) is 0.944. The van der Waals surface area contributed by atoms with Crippen LogP contribution in [-0.4, -0.2) is 96.7 Å². The van der Waals surface area contributed by atoms with Gasteiger partial charge in [0.25, 0.3) is 0 Å². The van der Waals surface area contributed by atoms with Crippen LogP contribution in [0, 0.1) is 23.7 Å². The van der Waals surface area contributed by atoms with Gasteiger partial charge < -0.3 is 33.8 Å². The summed E-state index contributed by atoms with van der Waals surface area (Å²) < 4.78 is 68.4. The highest BCUT2D eigenvalue weighted by Gasteiger charge is 2.30. The normalized spacial score (nSPS) is 14.8. The predicted octanol–water partition coefficient (Wildman–Crippen LogP) is 20.5. The van der Waals surface area contributed by atoms with Crippen molar-refractivity contribution in [2.24, 2.45) is 23.7 Å². The summed E-state index contributed by atoms with van der Waals surface area (Å²) in [5.74, 6) is 0.931. The summed E-state index contributed by atoms with van der Waals surface area (Å²) in [5.41, 5.74) is 0. The first-order valence-electron chi connectivity index (χ1n) is 37.3. The van der Waals surface area contributed by atoms with Crippen LogP contribution in [0.1, 0.15) is 357 Å². The van der Waals surface area contributed by atoms with Crippen LogP contribution in [0.3, 0.4) is 0 Å². The zero-order valence-electron chi connectivity index (χ0n) is 59.5. The van der Waals surface area contributed by atoms with Gasteiger partial charge in [-0.2, -0.15) is 0 Å². The van der Waals surface area contributed by atoms with E-state index in [9.17, 15) is 43.2 Å². The maximum absolute atomic E-state index is 13.0. The molecule has 0 heterocycles. The molecule has 0 radical (unpaired) electrons. The summed E-state index contributed by atoms with van der Waals surface area (Å²) in [6.45, 7) is 14.1. The summed E-state index contributed by atoms with van der Waals surface area (Å²) in [4.78, 5) is 72.6. The van der Waals surface area contributed by atoms with Gasteiger partial charge in [-0.3, -0.25) is 37.3 Å². The molecular formula is C72H140O17P2. The molecule has 0 saturated carbocycles. The molecule has 0 spiro atoms. The van der Waals surface area contributed by atoms with Gasteiger partial charge in [-0.1, -0.05) is 306 Å². The molecule has 540 valence electrons. The third kappa shape index (κ3) is 63.9. The number of esters is 4. The highest BCUT2D eigenvalue weighted by molar-refractivity contribution is 7.47. The molecule has 17 nitrogen and oxygen atoms in total. The van der Waals surface area contributed by atoms with Gasteiger partial charge >= 0.3 is 39.5 Å². The molecule has 0 rings (SSSR count). The van der Waals surface area contributed by atoms with Gasteiger partial charge in [0, 0.05) is 25.7 Å². The number of phosphoric ester groups is 2. The Labute approximate surface area is 556 Å². The number of rotatable bonds is 69. The smallest absolute Gasteiger partial charge is 0.462 e. The van der Waals surface area contributed by atoms with Crippen molar-refractivity contribution >= 4 is 39.5 Å². The Bertz CT molecular complexity index is 1800. The van der Waals surface area contributed by atoms with Crippen LogP contribution in [0.5, 0.6) is 0 Å². The molecule has 0 bridgehead atoms. The summed E-state index contributed by atoms with van der Waals surface area (Å²) in [7, 11) is -9.91. The van der Waals surface area contributed by atoms with Crippen molar-refractivity contribution in [1.29, 1.82) is 0 Å². The molecule has 0 aromatic carbocycles. The lowest BCUT2D eigenvalue weighted by atomic mass is 9.99. The molecule has 7 atom stereocenters. The van der Waals surface area contributed by atoms with Gasteiger partial charge in [-0.05, 0) is 49.4 Å². The second-order valence-corrected chi connectivity index (χ2v) is 30.3. The lowest BCUT2D eigenvalue weighted by Gasteiger charge is -2.21. The highest BCUT2D eigenvalue weighted by Crippen LogP contribution is 2.45. The molecule has 5 unspecified atom stereocenters. The van der Waals surface area contributed by atoms with Crippen LogP contribution in [0.15, 0.2) is 0 Å². The highest BCUT2D eigenvalue weighted by atomic mass is 31.2. The van der Waals surface area contributed by atoms with E-state index in [1.807, 2.05) is 0 Å². The Balaban J connectivity index is 5.26. The van der Waals surface area contributed by atoms with E-state index in [0.717, 1.165) is 114 Å². The first-order chi connectivity index (χ1) is 43.7. The number of aliphatic hydroxyl groups excluding tert-OH is 1. The van der Waals surface area contributed by atoms with E-state index in [-0.39, 0.29) is 25.7 Å². The number of unbranched alkanes of at least 4 members (excludes halogenated alkanes) is 33. The van der Waals surface area contributed by atoms with Crippen LogP contribution in [-0.2, 0) is 65.4 Å². The Hall–Kier alpha value is -1.94. The molecule has 0 aromatic rings. The largest absolute Gasteiger partial charge is 0.472 e. The average molecular weight is 1340 g/mol. The van der Waals surface area contributed by atoms with E-state index in [0.29, 0.717) is 31.6 Å². The van der Waals surface area contributed by atoms with Crippen molar-refractivity contribution < 1.29 is 80.2 Å². The molecule has 0 fully saturated rings. The second kappa shape index (κ2) is 61.6. The number of hydrogen-bond acceptors (Lipinski definition) is 15. The van der Waals surface area contributed by atoms with Crippen molar-refractivity contribution in [2.75, 3.05) is 39.6 Å². The van der Waals surface area contributed by atoms with Crippen LogP contribution < -0.4 is 0 Å². The minimum Gasteiger partial charge on any atom is -0.462 e. The van der Waals surface area contributed by atoms with E-state index in [1.165, 1.54) is 154 Å². The maximum atomic E-state index is 13.0. The molecule has 0 aliphatic carbocycles. The third-order valence-corrected chi connectivity index (χ3v) is 19.2. The Morgan fingerprint density at radius 1 is 0.308 bits per heavy atom. The lowest BCUT2D eigenvalue weighted by molar-refractivity contribution is -0.161. The van der Waals surface area contributed by atoms with Gasteiger partial charge in [0.1, 0.15) is 19.3 Å². The first-order valence-corrected chi connectivity index (χ1v) is 40.3. The molecule has 91 heavy (non-hydrogen) atoms. The Morgan fingerprint density at radius 3 is 0.780 bits per heavy atom. The molecule has 0 amide bonds. The van der Waals surface area contributed by atoms with Crippen molar-refractivity contribution in [2.45, 2.75) is 375 Å². The molecule has 3 N–H and O–H groups in total. The summed E-state index contributed by atoms with van der Waals surface area (Å²) in [5, 5.41) is 10.6. The van der Waals surface area contributed by atoms with E-state index >= 15 is 0 Å². The second-order valence-electron chi connectivity index (χ2n) is 27.4. The summed E-state index contributed by atoms with van der Waals surface area (Å²) in [6, 6.07) is 0. The van der Waals surface area contributed by atoms with E-state index in [1.54, 1.807) is 0 Å². The topological polar surface area (TPSA) is 237 Å². The predicted molar refractivity (Wildman–Crippen MR) is 367 cm³/mol. The maximum Gasteiger partial charge on any atom is 0.472 e. The summed E-state index contributed by atoms with van der Waals surface area (Å²) in [6.07, 6.45) is 44.3. The monoisotopic (exact) mass is 1340 g/mol. The zero-order valence-corrected chi connectivity index (χ0v) is 61.3. The van der Waals surface area contributed by atoms with E-state index in [4.69, 9.17) is 37.0 Å². The molecule has 0 aliphatic heterocycles. The Kier molecular flexibility index (Phi) is 60.3. The molecule has 19 heteroatoms. The fourth-order valence-electron chi connectivity index (χ4n) is 10.8. The van der Waals surface area contributed by atoms with Crippen LogP contribution in [0.25, 0.3) is 0 Å². The minimum atomic E-state index is -4.95. The van der Waals surface area contributed by atoms with Crippen LogP contribution >= 0.6 is 15.6 Å². The zero-order chi connectivity index (χ0) is 67.5. The number of hydrogen-bond donors (Lipinski definition) is 3. The number of phosphoric acid groups is 2. The Morgan fingerprint density at radius 2 is 0.527 bits per heavy atom. The standard InChI is InChI=1S/C72H140O17P2/c1-9-64(7)50-42-34-26-18-15-16-20-29-38-46-54-71(76)88-68(59-83-70(75)53-45-37-31-23-25-33-41-49-63(5)6)61-87-91(80,81)85-57-66(73)56-84-90(78,79)86-60-67(89-72(77)55-47-39-30-22-21-27-35-43-51-65(8)10-2)58-82-69(74)52-44-36-28-19-14-12-11-13-17-24-32-40-48-62(3)4/h62-68,73H,9-61H2,1-8H3,(H,78,79)(H,80,81)/t64?,65?,66?,67-,68-/m1/s1. The number of ether oxygens (including phenoxy) is 4. The lowest BCUT2D eigenvalue weighted by Crippen LogP contribution is -2.30. The average Bonchev–Trinajstić information content (AvgIpc) is 3.46. The summed E-state index contributed by atoms with van der Waals surface area (Å²) >= 11 is 0.